The molecule has 0 atom stereocenters. The van der Waals surface area contributed by atoms with Crippen LogP contribution in [0.2, 0.25) is 5.15 Å². The lowest BCUT2D eigenvalue weighted by Gasteiger charge is -2.13. The molecule has 0 saturated carbocycles. The summed E-state index contributed by atoms with van der Waals surface area (Å²) in [5.74, 6) is 0.273. The third-order valence-corrected chi connectivity index (χ3v) is 3.66. The Balaban J connectivity index is 2.31. The number of fused-ring (bicyclic) bond motifs is 1. The number of alkyl halides is 3. The van der Waals surface area contributed by atoms with Gasteiger partial charge in [0.15, 0.2) is 0 Å². The van der Waals surface area contributed by atoms with Crippen LogP contribution in [0.4, 0.5) is 13.2 Å². The van der Waals surface area contributed by atoms with Crippen LogP contribution in [-0.4, -0.2) is 21.9 Å². The molecule has 0 aliphatic carbocycles. The number of ether oxygens (including phenoxy) is 1. The van der Waals surface area contributed by atoms with Crippen molar-refractivity contribution in [1.82, 2.24) is 14.8 Å². The number of nitrogens with zero attached hydrogens (tertiary/aromatic N) is 3. The number of rotatable bonds is 2. The van der Waals surface area contributed by atoms with Crippen molar-refractivity contribution in [2.45, 2.75) is 13.1 Å². The van der Waals surface area contributed by atoms with E-state index in [0.717, 1.165) is 12.1 Å². The van der Waals surface area contributed by atoms with E-state index in [9.17, 15) is 13.2 Å². The summed E-state index contributed by atoms with van der Waals surface area (Å²) < 4.78 is 45.6. The summed E-state index contributed by atoms with van der Waals surface area (Å²) in [6.07, 6.45) is -2.92. The number of aromatic nitrogens is 3. The second-order valence-corrected chi connectivity index (χ2v) is 5.29. The highest BCUT2D eigenvalue weighted by Crippen LogP contribution is 2.35. The van der Waals surface area contributed by atoms with Crippen molar-refractivity contribution in [1.29, 1.82) is 0 Å². The molecule has 4 nitrogen and oxygen atoms in total. The van der Waals surface area contributed by atoms with E-state index in [2.05, 4.69) is 10.1 Å². The Morgan fingerprint density at radius 2 is 1.96 bits per heavy atom. The summed E-state index contributed by atoms with van der Waals surface area (Å²) in [7, 11) is 1.39. The second kappa shape index (κ2) is 5.42. The molecule has 3 aromatic rings. The molecule has 0 aliphatic rings. The van der Waals surface area contributed by atoms with Gasteiger partial charge in [-0.25, -0.2) is 9.67 Å². The van der Waals surface area contributed by atoms with Crippen molar-refractivity contribution in [3.05, 3.63) is 46.9 Å². The maximum Gasteiger partial charge on any atom is 0.416 e. The highest BCUT2D eigenvalue weighted by Gasteiger charge is 2.31. The van der Waals surface area contributed by atoms with Crippen LogP contribution in [0.3, 0.4) is 0 Å². The maximum absolute atomic E-state index is 13.0. The molecule has 0 spiro atoms. The molecule has 23 heavy (non-hydrogen) atoms. The van der Waals surface area contributed by atoms with Gasteiger partial charge in [0.05, 0.1) is 23.9 Å². The number of hydrogen-bond acceptors (Lipinski definition) is 3. The highest BCUT2D eigenvalue weighted by atomic mass is 35.5. The predicted molar refractivity (Wildman–Crippen MR) is 80.2 cm³/mol. The first kappa shape index (κ1) is 15.6. The van der Waals surface area contributed by atoms with Gasteiger partial charge in [-0.3, -0.25) is 0 Å². The molecule has 0 aliphatic heterocycles. The van der Waals surface area contributed by atoms with E-state index >= 15 is 0 Å². The van der Waals surface area contributed by atoms with Crippen LogP contribution < -0.4 is 4.74 Å². The fourth-order valence-corrected chi connectivity index (χ4v) is 2.50. The Labute approximate surface area is 134 Å². The van der Waals surface area contributed by atoms with E-state index < -0.39 is 11.7 Å². The van der Waals surface area contributed by atoms with Crippen molar-refractivity contribution in [2.24, 2.45) is 0 Å². The summed E-state index contributed by atoms with van der Waals surface area (Å²) in [5, 5.41) is 5.23. The van der Waals surface area contributed by atoms with Gasteiger partial charge in [0.2, 0.25) is 0 Å². The van der Waals surface area contributed by atoms with E-state index in [1.54, 1.807) is 13.0 Å². The average Bonchev–Trinajstić information content (AvgIpc) is 2.82. The summed E-state index contributed by atoms with van der Waals surface area (Å²) >= 11 is 5.90. The molecule has 0 fully saturated rings. The lowest BCUT2D eigenvalue weighted by Crippen LogP contribution is -2.08. The zero-order valence-electron chi connectivity index (χ0n) is 12.1. The normalized spacial score (nSPS) is 11.9. The first-order valence-electron chi connectivity index (χ1n) is 6.57. The minimum absolute atomic E-state index is 0.183. The largest absolute Gasteiger partial charge is 0.494 e. The predicted octanol–water partition coefficient (Wildman–Crippen LogP) is 4.41. The Hall–Kier alpha value is -2.28. The first-order chi connectivity index (χ1) is 10.8. The van der Waals surface area contributed by atoms with Crippen LogP contribution in [0.15, 0.2) is 30.5 Å². The van der Waals surface area contributed by atoms with Gasteiger partial charge in [-0.1, -0.05) is 11.6 Å². The standard InChI is InChI=1S/C15H11ClF3N3O/c1-8-10-7-20-14(16)6-11(10)22(21-8)12-5-9(15(17,18)19)3-4-13(12)23-2/h3-7H,1-2H3. The van der Waals surface area contributed by atoms with Crippen LogP contribution in [0.5, 0.6) is 5.75 Å². The lowest BCUT2D eigenvalue weighted by molar-refractivity contribution is -0.137. The number of benzene rings is 1. The van der Waals surface area contributed by atoms with E-state index in [0.29, 0.717) is 16.6 Å². The van der Waals surface area contributed by atoms with Gasteiger partial charge in [-0.2, -0.15) is 18.3 Å². The molecule has 0 N–H and O–H groups in total. The van der Waals surface area contributed by atoms with Crippen molar-refractivity contribution < 1.29 is 17.9 Å². The molecule has 120 valence electrons. The summed E-state index contributed by atoms with van der Waals surface area (Å²) in [6, 6.07) is 4.79. The van der Waals surface area contributed by atoms with E-state index in [1.165, 1.54) is 24.1 Å². The quantitative estimate of drug-likeness (QED) is 0.648. The number of methoxy groups -OCH3 is 1. The topological polar surface area (TPSA) is 39.9 Å². The van der Waals surface area contributed by atoms with E-state index in [4.69, 9.17) is 16.3 Å². The lowest BCUT2D eigenvalue weighted by atomic mass is 10.1. The molecule has 3 rings (SSSR count). The SMILES string of the molecule is COc1ccc(C(F)(F)F)cc1-n1nc(C)c2cnc(Cl)cc21. The van der Waals surface area contributed by atoms with Gasteiger partial charge < -0.3 is 4.74 Å². The Kier molecular flexibility index (Phi) is 3.68. The van der Waals surface area contributed by atoms with Crippen molar-refractivity contribution >= 4 is 22.5 Å². The van der Waals surface area contributed by atoms with E-state index in [-0.39, 0.29) is 16.6 Å². The Morgan fingerprint density at radius 1 is 1.22 bits per heavy atom. The number of pyridine rings is 1. The monoisotopic (exact) mass is 341 g/mol. The van der Waals surface area contributed by atoms with Gasteiger partial charge in [-0.15, -0.1) is 0 Å². The Bertz CT molecular complexity index is 890. The third kappa shape index (κ3) is 2.72. The van der Waals surface area contributed by atoms with Gasteiger partial charge >= 0.3 is 6.18 Å². The summed E-state index contributed by atoms with van der Waals surface area (Å²) in [5.41, 5.74) is 0.584. The number of halogens is 4. The fraction of sp³-hybridized carbons (Fsp3) is 0.200. The molecular weight excluding hydrogens is 331 g/mol. The van der Waals surface area contributed by atoms with Crippen LogP contribution >= 0.6 is 11.6 Å². The number of hydrogen-bond donors (Lipinski definition) is 0. The van der Waals surface area contributed by atoms with E-state index in [1.807, 2.05) is 0 Å². The summed E-state index contributed by atoms with van der Waals surface area (Å²) in [4.78, 5) is 3.98. The molecule has 1 aromatic carbocycles. The van der Waals surface area contributed by atoms with Crippen LogP contribution in [0, 0.1) is 6.92 Å². The molecule has 0 amide bonds. The molecule has 0 saturated heterocycles. The van der Waals surface area contributed by atoms with Crippen LogP contribution in [0.1, 0.15) is 11.3 Å². The maximum atomic E-state index is 13.0. The summed E-state index contributed by atoms with van der Waals surface area (Å²) in [6.45, 7) is 1.74. The molecule has 0 unspecified atom stereocenters. The van der Waals surface area contributed by atoms with Crippen molar-refractivity contribution in [3.63, 3.8) is 0 Å². The van der Waals surface area contributed by atoms with Crippen molar-refractivity contribution in [3.8, 4) is 11.4 Å². The van der Waals surface area contributed by atoms with Crippen LogP contribution in [0.25, 0.3) is 16.6 Å². The van der Waals surface area contributed by atoms with Crippen LogP contribution in [-0.2, 0) is 6.18 Å². The smallest absolute Gasteiger partial charge is 0.416 e. The Morgan fingerprint density at radius 3 is 2.61 bits per heavy atom. The molecule has 0 radical (unpaired) electrons. The van der Waals surface area contributed by atoms with Gasteiger partial charge in [0, 0.05) is 17.6 Å². The second-order valence-electron chi connectivity index (χ2n) is 4.91. The zero-order chi connectivity index (χ0) is 16.8. The highest BCUT2D eigenvalue weighted by molar-refractivity contribution is 6.30. The fourth-order valence-electron chi connectivity index (χ4n) is 2.35. The minimum atomic E-state index is -4.46. The molecule has 0 bridgehead atoms. The van der Waals surface area contributed by atoms with Gasteiger partial charge in [-0.05, 0) is 25.1 Å². The van der Waals surface area contributed by atoms with Gasteiger partial charge in [0.1, 0.15) is 16.6 Å². The molecule has 2 aromatic heterocycles. The third-order valence-electron chi connectivity index (χ3n) is 3.45. The molecule has 2 heterocycles. The minimum Gasteiger partial charge on any atom is -0.494 e. The average molecular weight is 342 g/mol. The zero-order valence-corrected chi connectivity index (χ0v) is 12.9. The first-order valence-corrected chi connectivity index (χ1v) is 6.95. The number of aryl methyl sites for hydroxylation is 1. The van der Waals surface area contributed by atoms with Crippen molar-refractivity contribution in [2.75, 3.05) is 7.11 Å². The molecule has 8 heteroatoms. The van der Waals surface area contributed by atoms with Gasteiger partial charge in [0.25, 0.3) is 0 Å². The molecular formula is C15H11ClF3N3O.